The SMILES string of the molecule is COc1cccc(C(=O)O)c1O.[Na]. The van der Waals surface area contributed by atoms with Crippen molar-refractivity contribution in [3.63, 3.8) is 0 Å². The molecule has 2 N–H and O–H groups in total. The van der Waals surface area contributed by atoms with E-state index in [1.165, 1.54) is 25.3 Å². The third-order valence-electron chi connectivity index (χ3n) is 1.45. The Morgan fingerprint density at radius 1 is 1.46 bits per heavy atom. The summed E-state index contributed by atoms with van der Waals surface area (Å²) in [6.45, 7) is 0. The molecule has 0 aliphatic carbocycles. The summed E-state index contributed by atoms with van der Waals surface area (Å²) >= 11 is 0. The minimum atomic E-state index is -1.17. The van der Waals surface area contributed by atoms with Gasteiger partial charge in [0.2, 0.25) is 0 Å². The number of phenols is 1. The van der Waals surface area contributed by atoms with Gasteiger partial charge < -0.3 is 14.9 Å². The van der Waals surface area contributed by atoms with E-state index >= 15 is 0 Å². The number of carboxylic acids is 1. The standard InChI is InChI=1S/C8H8O4.Na/c1-12-6-4-2-3-5(7(6)9)8(10)11;/h2-4,9H,1H3,(H,10,11);. The van der Waals surface area contributed by atoms with Crippen LogP contribution in [0.5, 0.6) is 11.5 Å². The topological polar surface area (TPSA) is 66.8 Å². The Kier molecular flexibility index (Phi) is 4.83. The number of aromatic hydroxyl groups is 1. The summed E-state index contributed by atoms with van der Waals surface area (Å²) in [5, 5.41) is 17.8. The third-order valence-corrected chi connectivity index (χ3v) is 1.45. The molecule has 0 atom stereocenters. The molecule has 0 aliphatic rings. The second kappa shape index (κ2) is 5.11. The minimum absolute atomic E-state index is 0. The average molecular weight is 191 g/mol. The van der Waals surface area contributed by atoms with Gasteiger partial charge in [-0.25, -0.2) is 4.79 Å². The molecule has 0 heterocycles. The van der Waals surface area contributed by atoms with Crippen LogP contribution in [-0.4, -0.2) is 52.8 Å². The second-order valence-electron chi connectivity index (χ2n) is 2.16. The molecule has 13 heavy (non-hydrogen) atoms. The van der Waals surface area contributed by atoms with Gasteiger partial charge in [0.15, 0.2) is 11.5 Å². The van der Waals surface area contributed by atoms with Gasteiger partial charge in [-0.2, -0.15) is 0 Å². The fraction of sp³-hybridized carbons (Fsp3) is 0.125. The fourth-order valence-corrected chi connectivity index (χ4v) is 0.860. The van der Waals surface area contributed by atoms with Crippen molar-refractivity contribution in [1.29, 1.82) is 0 Å². The number of hydrogen-bond donors (Lipinski definition) is 2. The molecule has 4 nitrogen and oxygen atoms in total. The molecular weight excluding hydrogens is 183 g/mol. The predicted molar refractivity (Wildman–Crippen MR) is 47.4 cm³/mol. The van der Waals surface area contributed by atoms with Gasteiger partial charge in [0, 0.05) is 29.6 Å². The van der Waals surface area contributed by atoms with Crippen LogP contribution in [0.4, 0.5) is 0 Å². The van der Waals surface area contributed by atoms with Crippen LogP contribution in [0, 0.1) is 0 Å². The molecule has 0 saturated carbocycles. The van der Waals surface area contributed by atoms with E-state index in [2.05, 4.69) is 0 Å². The first kappa shape index (κ1) is 12.3. The van der Waals surface area contributed by atoms with E-state index < -0.39 is 5.97 Å². The Morgan fingerprint density at radius 2 is 2.08 bits per heavy atom. The van der Waals surface area contributed by atoms with Gasteiger partial charge in [-0.1, -0.05) is 6.07 Å². The molecule has 1 aromatic rings. The zero-order valence-corrected chi connectivity index (χ0v) is 9.44. The number of methoxy groups -OCH3 is 1. The van der Waals surface area contributed by atoms with E-state index in [1.807, 2.05) is 0 Å². The average Bonchev–Trinajstić information content (AvgIpc) is 2.04. The van der Waals surface area contributed by atoms with E-state index in [-0.39, 0.29) is 46.6 Å². The van der Waals surface area contributed by atoms with Gasteiger partial charge in [0.05, 0.1) is 7.11 Å². The normalized spacial score (nSPS) is 8.69. The molecule has 1 radical (unpaired) electrons. The maximum absolute atomic E-state index is 10.5. The summed E-state index contributed by atoms with van der Waals surface area (Å²) < 4.78 is 4.72. The van der Waals surface area contributed by atoms with Crippen molar-refractivity contribution in [1.82, 2.24) is 0 Å². The van der Waals surface area contributed by atoms with Gasteiger partial charge in [-0.3, -0.25) is 0 Å². The first-order valence-corrected chi connectivity index (χ1v) is 3.26. The number of ether oxygens (including phenoxy) is 1. The van der Waals surface area contributed by atoms with Crippen LogP contribution < -0.4 is 4.74 Å². The number of carbonyl (C=O) groups is 1. The van der Waals surface area contributed by atoms with Crippen LogP contribution in [0.25, 0.3) is 0 Å². The van der Waals surface area contributed by atoms with Gasteiger partial charge >= 0.3 is 5.97 Å². The quantitative estimate of drug-likeness (QED) is 0.676. The Hall–Kier alpha value is -0.710. The van der Waals surface area contributed by atoms with Gasteiger partial charge in [0.1, 0.15) is 5.56 Å². The molecular formula is C8H8NaO4. The summed E-state index contributed by atoms with van der Waals surface area (Å²) in [5.41, 5.74) is -0.158. The number of aromatic carboxylic acids is 1. The summed E-state index contributed by atoms with van der Waals surface area (Å²) in [5.74, 6) is -1.35. The van der Waals surface area contributed by atoms with E-state index in [0.29, 0.717) is 0 Å². The van der Waals surface area contributed by atoms with Crippen LogP contribution in [0.3, 0.4) is 0 Å². The van der Waals surface area contributed by atoms with Crippen LogP contribution >= 0.6 is 0 Å². The Bertz CT molecular complexity index is 311. The smallest absolute Gasteiger partial charge is 0.339 e. The molecule has 0 aliphatic heterocycles. The fourth-order valence-electron chi connectivity index (χ4n) is 0.860. The molecule has 0 bridgehead atoms. The van der Waals surface area contributed by atoms with Crippen molar-refractivity contribution < 1.29 is 19.7 Å². The Morgan fingerprint density at radius 3 is 2.54 bits per heavy atom. The van der Waals surface area contributed by atoms with Gasteiger partial charge in [-0.05, 0) is 12.1 Å². The molecule has 0 aromatic heterocycles. The van der Waals surface area contributed by atoms with E-state index in [4.69, 9.17) is 9.84 Å². The van der Waals surface area contributed by atoms with E-state index in [0.717, 1.165) is 0 Å². The maximum atomic E-state index is 10.5. The Labute approximate surface area is 97.4 Å². The number of rotatable bonds is 2. The molecule has 0 spiro atoms. The predicted octanol–water partition coefficient (Wildman–Crippen LogP) is 0.718. The zero-order valence-electron chi connectivity index (χ0n) is 7.44. The number of hydrogen-bond acceptors (Lipinski definition) is 3. The maximum Gasteiger partial charge on any atom is 0.339 e. The first-order valence-electron chi connectivity index (χ1n) is 3.26. The van der Waals surface area contributed by atoms with Crippen LogP contribution in [0.2, 0.25) is 0 Å². The van der Waals surface area contributed by atoms with Crippen LogP contribution in [0.15, 0.2) is 18.2 Å². The molecule has 0 saturated heterocycles. The Balaban J connectivity index is 0.00000144. The minimum Gasteiger partial charge on any atom is -0.504 e. The third kappa shape index (κ3) is 2.62. The summed E-state index contributed by atoms with van der Waals surface area (Å²) in [4.78, 5) is 10.5. The summed E-state index contributed by atoms with van der Waals surface area (Å²) in [6, 6.07) is 4.30. The van der Waals surface area contributed by atoms with Crippen molar-refractivity contribution in [2.24, 2.45) is 0 Å². The summed E-state index contributed by atoms with van der Waals surface area (Å²) in [7, 11) is 1.36. The first-order chi connectivity index (χ1) is 5.66. The van der Waals surface area contributed by atoms with E-state index in [9.17, 15) is 9.90 Å². The van der Waals surface area contributed by atoms with Crippen molar-refractivity contribution in [2.75, 3.05) is 7.11 Å². The van der Waals surface area contributed by atoms with E-state index in [1.54, 1.807) is 0 Å². The number of para-hydroxylation sites is 1. The van der Waals surface area contributed by atoms with Crippen molar-refractivity contribution in [2.45, 2.75) is 0 Å². The van der Waals surface area contributed by atoms with Gasteiger partial charge in [0.25, 0.3) is 0 Å². The number of carboxylic acid groups (broad SMARTS) is 1. The van der Waals surface area contributed by atoms with Gasteiger partial charge in [-0.15, -0.1) is 0 Å². The largest absolute Gasteiger partial charge is 0.504 e. The van der Waals surface area contributed by atoms with Crippen LogP contribution in [-0.2, 0) is 0 Å². The van der Waals surface area contributed by atoms with Crippen LogP contribution in [0.1, 0.15) is 10.4 Å². The summed E-state index contributed by atoms with van der Waals surface area (Å²) in [6.07, 6.45) is 0. The number of benzene rings is 1. The molecule has 5 heteroatoms. The second-order valence-corrected chi connectivity index (χ2v) is 2.16. The molecule has 65 valence electrons. The van der Waals surface area contributed by atoms with Crippen molar-refractivity contribution in [3.05, 3.63) is 23.8 Å². The molecule has 0 unspecified atom stereocenters. The zero-order chi connectivity index (χ0) is 9.14. The molecule has 1 aromatic carbocycles. The molecule has 0 fully saturated rings. The van der Waals surface area contributed by atoms with Crippen molar-refractivity contribution in [3.8, 4) is 11.5 Å². The van der Waals surface area contributed by atoms with Crippen molar-refractivity contribution >= 4 is 35.5 Å². The molecule has 0 amide bonds. The molecule has 1 rings (SSSR count). The monoisotopic (exact) mass is 191 g/mol.